The van der Waals surface area contributed by atoms with Gasteiger partial charge in [-0.1, -0.05) is 6.07 Å². The topological polar surface area (TPSA) is 12.9 Å². The fourth-order valence-electron chi connectivity index (χ4n) is 1.27. The summed E-state index contributed by atoms with van der Waals surface area (Å²) in [4.78, 5) is 3.90. The Bertz CT molecular complexity index is 466. The summed E-state index contributed by atoms with van der Waals surface area (Å²) in [6, 6.07) is 4.39. The van der Waals surface area contributed by atoms with Gasteiger partial charge in [-0.15, -0.1) is 0 Å². The van der Waals surface area contributed by atoms with Gasteiger partial charge in [-0.25, -0.2) is 8.78 Å². The molecule has 66 valence electrons. The number of pyridine rings is 1. The number of benzene rings is 1. The van der Waals surface area contributed by atoms with E-state index in [2.05, 4.69) is 4.98 Å². The summed E-state index contributed by atoms with van der Waals surface area (Å²) < 4.78 is 25.9. The van der Waals surface area contributed by atoms with Crippen molar-refractivity contribution in [3.63, 3.8) is 0 Å². The van der Waals surface area contributed by atoms with Crippen LogP contribution in [0.4, 0.5) is 8.78 Å². The number of hydrogen-bond acceptors (Lipinski definition) is 1. The van der Waals surface area contributed by atoms with Crippen LogP contribution < -0.4 is 0 Å². The van der Waals surface area contributed by atoms with E-state index in [1.54, 1.807) is 19.1 Å². The fourth-order valence-corrected chi connectivity index (χ4v) is 1.27. The minimum absolute atomic E-state index is 0.227. The maximum absolute atomic E-state index is 13.1. The summed E-state index contributed by atoms with van der Waals surface area (Å²) in [7, 11) is 0. The molecule has 0 aliphatic rings. The molecule has 2 rings (SSSR count). The largest absolute Gasteiger partial charge is 0.261 e. The van der Waals surface area contributed by atoms with E-state index in [1.165, 1.54) is 6.20 Å². The van der Waals surface area contributed by atoms with E-state index in [-0.39, 0.29) is 5.39 Å². The Kier molecular flexibility index (Phi) is 1.72. The van der Waals surface area contributed by atoms with Crippen LogP contribution in [0.3, 0.4) is 0 Å². The Balaban J connectivity index is 2.87. The van der Waals surface area contributed by atoms with Crippen molar-refractivity contribution in [2.75, 3.05) is 0 Å². The predicted molar refractivity (Wildman–Crippen MR) is 46.4 cm³/mol. The summed E-state index contributed by atoms with van der Waals surface area (Å²) in [6.45, 7) is 1.81. The summed E-state index contributed by atoms with van der Waals surface area (Å²) in [5.41, 5.74) is 0.790. The fraction of sp³-hybridized carbons (Fsp3) is 0.100. The molecular weight excluding hydrogens is 172 g/mol. The van der Waals surface area contributed by atoms with E-state index in [4.69, 9.17) is 0 Å². The van der Waals surface area contributed by atoms with Crippen molar-refractivity contribution in [3.8, 4) is 0 Å². The summed E-state index contributed by atoms with van der Waals surface area (Å²) in [5.74, 6) is -1.66. The van der Waals surface area contributed by atoms with E-state index in [0.29, 0.717) is 5.39 Å². The van der Waals surface area contributed by atoms with Crippen molar-refractivity contribution in [2.45, 2.75) is 6.92 Å². The summed E-state index contributed by atoms with van der Waals surface area (Å²) >= 11 is 0. The highest BCUT2D eigenvalue weighted by Gasteiger charge is 2.06. The lowest BCUT2D eigenvalue weighted by atomic mass is 10.1. The lowest BCUT2D eigenvalue weighted by Gasteiger charge is -2.00. The van der Waals surface area contributed by atoms with Crippen molar-refractivity contribution >= 4 is 10.8 Å². The van der Waals surface area contributed by atoms with Gasteiger partial charge < -0.3 is 0 Å². The predicted octanol–water partition coefficient (Wildman–Crippen LogP) is 2.82. The average Bonchev–Trinajstić information content (AvgIpc) is 2.12. The quantitative estimate of drug-likeness (QED) is 0.606. The van der Waals surface area contributed by atoms with E-state index in [0.717, 1.165) is 11.8 Å². The lowest BCUT2D eigenvalue weighted by molar-refractivity contribution is 0.517. The molecule has 1 nitrogen and oxygen atoms in total. The summed E-state index contributed by atoms with van der Waals surface area (Å²) in [5, 5.41) is 0.900. The third kappa shape index (κ3) is 1.26. The van der Waals surface area contributed by atoms with Gasteiger partial charge in [0, 0.05) is 17.3 Å². The highest BCUT2D eigenvalue weighted by molar-refractivity contribution is 5.82. The minimum Gasteiger partial charge on any atom is -0.261 e. The first-order valence-electron chi connectivity index (χ1n) is 3.89. The second-order valence-electron chi connectivity index (χ2n) is 2.91. The first-order valence-corrected chi connectivity index (χ1v) is 3.89. The van der Waals surface area contributed by atoms with Gasteiger partial charge in [-0.3, -0.25) is 4.98 Å². The number of hydrogen-bond donors (Lipinski definition) is 0. The molecule has 0 saturated heterocycles. The Morgan fingerprint density at radius 3 is 2.77 bits per heavy atom. The van der Waals surface area contributed by atoms with Crippen LogP contribution in [-0.4, -0.2) is 4.98 Å². The zero-order valence-electron chi connectivity index (χ0n) is 7.01. The molecule has 13 heavy (non-hydrogen) atoms. The second kappa shape index (κ2) is 2.76. The van der Waals surface area contributed by atoms with Gasteiger partial charge >= 0.3 is 0 Å². The standard InChI is InChI=1S/C10H7F2N/c1-6-4-7-2-3-9(11)10(12)8(7)5-13-6/h2-5H,1H3. The maximum atomic E-state index is 13.1. The van der Waals surface area contributed by atoms with Gasteiger partial charge in [0.15, 0.2) is 11.6 Å². The number of fused-ring (bicyclic) bond motifs is 1. The molecule has 0 atom stereocenters. The molecule has 2 aromatic rings. The highest BCUT2D eigenvalue weighted by atomic mass is 19.2. The monoisotopic (exact) mass is 179 g/mol. The molecule has 0 bridgehead atoms. The normalized spacial score (nSPS) is 10.7. The Morgan fingerprint density at radius 1 is 1.23 bits per heavy atom. The molecule has 0 saturated carbocycles. The molecule has 0 fully saturated rings. The Labute approximate surface area is 74.0 Å². The van der Waals surface area contributed by atoms with Gasteiger partial charge in [-0.2, -0.15) is 0 Å². The summed E-state index contributed by atoms with van der Waals surface area (Å²) in [6.07, 6.45) is 1.35. The van der Waals surface area contributed by atoms with E-state index in [1.807, 2.05) is 0 Å². The first kappa shape index (κ1) is 8.10. The molecule has 0 radical (unpaired) electrons. The van der Waals surface area contributed by atoms with Crippen LogP contribution in [0.15, 0.2) is 24.4 Å². The first-order chi connectivity index (χ1) is 6.18. The molecule has 0 aliphatic carbocycles. The molecular formula is C10H7F2N. The van der Waals surface area contributed by atoms with Crippen LogP contribution >= 0.6 is 0 Å². The van der Waals surface area contributed by atoms with Crippen LogP contribution in [-0.2, 0) is 0 Å². The van der Waals surface area contributed by atoms with Crippen LogP contribution in [0.5, 0.6) is 0 Å². The van der Waals surface area contributed by atoms with Crippen molar-refractivity contribution in [2.24, 2.45) is 0 Å². The molecule has 0 aliphatic heterocycles. The van der Waals surface area contributed by atoms with Gasteiger partial charge in [0.2, 0.25) is 0 Å². The van der Waals surface area contributed by atoms with E-state index >= 15 is 0 Å². The molecule has 1 aromatic carbocycles. The van der Waals surface area contributed by atoms with Crippen LogP contribution in [0, 0.1) is 18.6 Å². The molecule has 1 aromatic heterocycles. The SMILES string of the molecule is Cc1cc2ccc(F)c(F)c2cn1. The van der Waals surface area contributed by atoms with Crippen LogP contribution in [0.2, 0.25) is 0 Å². The number of aromatic nitrogens is 1. The van der Waals surface area contributed by atoms with E-state index < -0.39 is 11.6 Å². The average molecular weight is 179 g/mol. The second-order valence-corrected chi connectivity index (χ2v) is 2.91. The molecule has 0 spiro atoms. The molecule has 3 heteroatoms. The third-order valence-electron chi connectivity index (χ3n) is 1.93. The number of aryl methyl sites for hydroxylation is 1. The lowest BCUT2D eigenvalue weighted by Crippen LogP contribution is -1.88. The van der Waals surface area contributed by atoms with Crippen LogP contribution in [0.25, 0.3) is 10.8 Å². The van der Waals surface area contributed by atoms with Crippen LogP contribution in [0.1, 0.15) is 5.69 Å². The Hall–Kier alpha value is -1.51. The minimum atomic E-state index is -0.835. The van der Waals surface area contributed by atoms with Gasteiger partial charge in [0.05, 0.1) is 0 Å². The number of rotatable bonds is 0. The zero-order chi connectivity index (χ0) is 9.42. The van der Waals surface area contributed by atoms with Crippen molar-refractivity contribution in [3.05, 3.63) is 41.7 Å². The molecule has 1 heterocycles. The van der Waals surface area contributed by atoms with Crippen molar-refractivity contribution in [1.29, 1.82) is 0 Å². The molecule has 0 unspecified atom stereocenters. The highest BCUT2D eigenvalue weighted by Crippen LogP contribution is 2.19. The number of halogens is 2. The smallest absolute Gasteiger partial charge is 0.168 e. The van der Waals surface area contributed by atoms with E-state index in [9.17, 15) is 8.78 Å². The maximum Gasteiger partial charge on any atom is 0.168 e. The van der Waals surface area contributed by atoms with Crippen molar-refractivity contribution < 1.29 is 8.78 Å². The van der Waals surface area contributed by atoms with Gasteiger partial charge in [0.1, 0.15) is 0 Å². The third-order valence-corrected chi connectivity index (χ3v) is 1.93. The van der Waals surface area contributed by atoms with Crippen molar-refractivity contribution in [1.82, 2.24) is 4.98 Å². The Morgan fingerprint density at radius 2 is 2.00 bits per heavy atom. The number of nitrogens with zero attached hydrogens (tertiary/aromatic N) is 1. The zero-order valence-corrected chi connectivity index (χ0v) is 7.01. The molecule has 0 N–H and O–H groups in total. The molecule has 0 amide bonds. The van der Waals surface area contributed by atoms with Gasteiger partial charge in [-0.05, 0) is 24.4 Å². The van der Waals surface area contributed by atoms with Gasteiger partial charge in [0.25, 0.3) is 0 Å².